The minimum atomic E-state index is -1.27. The number of rotatable bonds is 4. The van der Waals surface area contributed by atoms with Crippen LogP contribution in [0.1, 0.15) is 16.7 Å². The van der Waals surface area contributed by atoms with E-state index in [1.807, 2.05) is 44.2 Å². The predicted octanol–water partition coefficient (Wildman–Crippen LogP) is 4.36. The highest BCUT2D eigenvalue weighted by molar-refractivity contribution is 8.02. The van der Waals surface area contributed by atoms with Gasteiger partial charge in [-0.25, -0.2) is 4.39 Å². The van der Waals surface area contributed by atoms with Crippen molar-refractivity contribution in [3.8, 4) is 0 Å². The fourth-order valence-corrected chi connectivity index (χ4v) is 5.81. The third-order valence-corrected chi connectivity index (χ3v) is 7.63. The highest BCUT2D eigenvalue weighted by atomic mass is 32.2. The summed E-state index contributed by atoms with van der Waals surface area (Å²) in [6, 6.07) is 18.4. The first-order chi connectivity index (χ1) is 16.3. The molecule has 3 amide bonds. The average molecular weight is 476 g/mol. The molecule has 2 heterocycles. The molecule has 0 saturated carbocycles. The minimum Gasteiger partial charge on any atom is -0.325 e. The number of halogens is 1. The molecule has 0 aliphatic carbocycles. The molecular weight excluding hydrogens is 453 g/mol. The summed E-state index contributed by atoms with van der Waals surface area (Å²) in [4.78, 5) is 41.6. The molecule has 2 aliphatic rings. The van der Waals surface area contributed by atoms with Crippen LogP contribution in [0.2, 0.25) is 0 Å². The van der Waals surface area contributed by atoms with Gasteiger partial charge in [-0.1, -0.05) is 24.3 Å². The van der Waals surface area contributed by atoms with Gasteiger partial charge in [-0.05, 0) is 67.4 Å². The third kappa shape index (κ3) is 3.45. The van der Waals surface area contributed by atoms with E-state index >= 15 is 0 Å². The molecule has 8 heteroatoms. The summed E-state index contributed by atoms with van der Waals surface area (Å²) in [6.45, 7) is 3.73. The number of aryl methyl sites for hydroxylation is 2. The molecule has 1 atom stereocenters. The summed E-state index contributed by atoms with van der Waals surface area (Å²) in [7, 11) is 0. The molecule has 2 aliphatic heterocycles. The van der Waals surface area contributed by atoms with Gasteiger partial charge in [0.25, 0.3) is 5.91 Å². The van der Waals surface area contributed by atoms with Crippen molar-refractivity contribution in [2.24, 2.45) is 0 Å². The zero-order chi connectivity index (χ0) is 24.0. The Hall–Kier alpha value is -3.65. The highest BCUT2D eigenvalue weighted by Crippen LogP contribution is 2.55. The number of thioether (sulfide) groups is 1. The van der Waals surface area contributed by atoms with E-state index in [0.29, 0.717) is 22.6 Å². The lowest BCUT2D eigenvalue weighted by Gasteiger charge is -2.33. The van der Waals surface area contributed by atoms with Gasteiger partial charge < -0.3 is 5.32 Å². The first-order valence-electron chi connectivity index (χ1n) is 10.8. The molecular formula is C26H22FN3O3S. The molecule has 1 N–H and O–H groups in total. The Morgan fingerprint density at radius 3 is 2.50 bits per heavy atom. The van der Waals surface area contributed by atoms with Crippen molar-refractivity contribution >= 4 is 46.5 Å². The maximum atomic E-state index is 14.0. The van der Waals surface area contributed by atoms with E-state index in [-0.39, 0.29) is 24.1 Å². The molecule has 5 rings (SSSR count). The van der Waals surface area contributed by atoms with Crippen LogP contribution in [0.4, 0.5) is 21.5 Å². The molecule has 0 bridgehead atoms. The summed E-state index contributed by atoms with van der Waals surface area (Å²) < 4.78 is 13.2. The number of carbonyl (C=O) groups is 3. The van der Waals surface area contributed by atoms with Crippen molar-refractivity contribution in [3.05, 3.63) is 89.2 Å². The molecule has 0 aromatic heterocycles. The van der Waals surface area contributed by atoms with Crippen LogP contribution in [-0.4, -0.2) is 30.0 Å². The number of carbonyl (C=O) groups excluding carboxylic acids is 3. The van der Waals surface area contributed by atoms with Crippen LogP contribution in [-0.2, 0) is 19.3 Å². The number of nitrogens with zero attached hydrogens (tertiary/aromatic N) is 2. The van der Waals surface area contributed by atoms with Gasteiger partial charge in [-0.2, -0.15) is 0 Å². The topological polar surface area (TPSA) is 69.7 Å². The second-order valence-electron chi connectivity index (χ2n) is 8.39. The minimum absolute atomic E-state index is 0.155. The summed E-state index contributed by atoms with van der Waals surface area (Å²) in [6.07, 6.45) is 0. The zero-order valence-corrected chi connectivity index (χ0v) is 19.5. The molecule has 0 unspecified atom stereocenters. The van der Waals surface area contributed by atoms with Crippen molar-refractivity contribution in [3.63, 3.8) is 0 Å². The van der Waals surface area contributed by atoms with E-state index in [2.05, 4.69) is 5.32 Å². The zero-order valence-electron chi connectivity index (χ0n) is 18.7. The third-order valence-electron chi connectivity index (χ3n) is 6.24. The van der Waals surface area contributed by atoms with Crippen LogP contribution >= 0.6 is 11.8 Å². The van der Waals surface area contributed by atoms with Crippen molar-refractivity contribution in [1.82, 2.24) is 0 Å². The van der Waals surface area contributed by atoms with Gasteiger partial charge in [0.2, 0.25) is 16.7 Å². The van der Waals surface area contributed by atoms with Crippen molar-refractivity contribution in [2.45, 2.75) is 18.7 Å². The fraction of sp³-hybridized carbons (Fsp3) is 0.192. The van der Waals surface area contributed by atoms with Crippen LogP contribution < -0.4 is 15.1 Å². The monoisotopic (exact) mass is 475 g/mol. The van der Waals surface area contributed by atoms with Gasteiger partial charge in [0.1, 0.15) is 12.4 Å². The lowest BCUT2D eigenvalue weighted by Crippen LogP contribution is -2.50. The summed E-state index contributed by atoms with van der Waals surface area (Å²) >= 11 is 1.27. The molecule has 172 valence electrons. The van der Waals surface area contributed by atoms with Gasteiger partial charge >= 0.3 is 0 Å². The number of hydrogen-bond acceptors (Lipinski definition) is 4. The SMILES string of the molecule is Cc1ccc(N2C(=O)CS[C@@]23C(=O)N(CC(=O)Nc2ccc(F)cc2)c2ccccc23)cc1C. The number of amides is 3. The van der Waals surface area contributed by atoms with E-state index in [1.165, 1.54) is 40.9 Å². The smallest absolute Gasteiger partial charge is 0.269 e. The van der Waals surface area contributed by atoms with E-state index < -0.39 is 16.6 Å². The van der Waals surface area contributed by atoms with Crippen molar-refractivity contribution in [2.75, 3.05) is 27.4 Å². The first kappa shape index (κ1) is 22.2. The molecule has 34 heavy (non-hydrogen) atoms. The summed E-state index contributed by atoms with van der Waals surface area (Å²) in [5.41, 5.74) is 4.48. The number of anilines is 3. The van der Waals surface area contributed by atoms with Crippen molar-refractivity contribution < 1.29 is 18.8 Å². The Morgan fingerprint density at radius 2 is 1.76 bits per heavy atom. The number of para-hydroxylation sites is 1. The fourth-order valence-electron chi connectivity index (χ4n) is 4.45. The van der Waals surface area contributed by atoms with Gasteiger partial charge in [-0.15, -0.1) is 11.8 Å². The summed E-state index contributed by atoms with van der Waals surface area (Å²) in [5.74, 6) is -1.16. The van der Waals surface area contributed by atoms with E-state index in [0.717, 1.165) is 11.1 Å². The van der Waals surface area contributed by atoms with Gasteiger partial charge in [0.15, 0.2) is 0 Å². The van der Waals surface area contributed by atoms with Crippen LogP contribution in [0.15, 0.2) is 66.7 Å². The van der Waals surface area contributed by atoms with E-state index in [4.69, 9.17) is 0 Å². The Kier molecular flexibility index (Phi) is 5.40. The second-order valence-corrected chi connectivity index (χ2v) is 9.56. The second kappa shape index (κ2) is 8.29. The number of nitrogens with one attached hydrogen (secondary N) is 1. The van der Waals surface area contributed by atoms with Crippen LogP contribution in [0, 0.1) is 19.7 Å². The molecule has 3 aromatic rings. The van der Waals surface area contributed by atoms with Gasteiger partial charge in [0.05, 0.1) is 11.4 Å². The van der Waals surface area contributed by atoms with Crippen LogP contribution in [0.5, 0.6) is 0 Å². The Bertz CT molecular complexity index is 1330. The Balaban J connectivity index is 1.52. The first-order valence-corrected chi connectivity index (χ1v) is 11.8. The van der Waals surface area contributed by atoms with E-state index in [1.54, 1.807) is 17.0 Å². The van der Waals surface area contributed by atoms with Gasteiger partial charge in [-0.3, -0.25) is 24.2 Å². The maximum Gasteiger partial charge on any atom is 0.269 e. The van der Waals surface area contributed by atoms with Crippen molar-refractivity contribution in [1.29, 1.82) is 0 Å². The van der Waals surface area contributed by atoms with Gasteiger partial charge in [0, 0.05) is 16.9 Å². The standard InChI is InChI=1S/C26H22FN3O3S/c1-16-7-12-20(13-17(16)2)30-24(32)15-34-26(30)21-5-3-4-6-22(21)29(25(26)33)14-23(31)28-19-10-8-18(27)9-11-19/h3-13H,14-15H2,1-2H3,(H,28,31)/t26-/m0/s1. The summed E-state index contributed by atoms with van der Waals surface area (Å²) in [5, 5.41) is 2.70. The Morgan fingerprint density at radius 1 is 1.03 bits per heavy atom. The molecule has 6 nitrogen and oxygen atoms in total. The van der Waals surface area contributed by atoms with Crippen LogP contribution in [0.25, 0.3) is 0 Å². The predicted molar refractivity (Wildman–Crippen MR) is 131 cm³/mol. The number of benzene rings is 3. The maximum absolute atomic E-state index is 14.0. The Labute approximate surface area is 200 Å². The number of hydrogen-bond donors (Lipinski definition) is 1. The lowest BCUT2D eigenvalue weighted by molar-refractivity contribution is -0.124. The van der Waals surface area contributed by atoms with Crippen LogP contribution in [0.3, 0.4) is 0 Å². The highest BCUT2D eigenvalue weighted by Gasteiger charge is 2.61. The average Bonchev–Trinajstić information content (AvgIpc) is 3.28. The molecule has 1 spiro atoms. The molecule has 0 radical (unpaired) electrons. The van der Waals surface area contributed by atoms with E-state index in [9.17, 15) is 18.8 Å². The quantitative estimate of drug-likeness (QED) is 0.609. The largest absolute Gasteiger partial charge is 0.325 e. The normalized spacial score (nSPS) is 19.1. The molecule has 1 fully saturated rings. The molecule has 3 aromatic carbocycles. The molecule has 1 saturated heterocycles. The lowest BCUT2D eigenvalue weighted by atomic mass is 10.0. The number of fused-ring (bicyclic) bond motifs is 2.